The van der Waals surface area contributed by atoms with Crippen molar-refractivity contribution in [1.29, 1.82) is 0 Å². The summed E-state index contributed by atoms with van der Waals surface area (Å²) in [6.07, 6.45) is 5.01. The largest absolute Gasteiger partial charge is 0.307 e. The van der Waals surface area contributed by atoms with Gasteiger partial charge >= 0.3 is 0 Å². The Morgan fingerprint density at radius 2 is 2.06 bits per heavy atom. The molecule has 0 saturated carbocycles. The number of rotatable bonds is 7. The third-order valence-corrected chi connectivity index (χ3v) is 3.47. The van der Waals surface area contributed by atoms with E-state index in [0.717, 1.165) is 5.02 Å². The highest BCUT2D eigenvalue weighted by molar-refractivity contribution is 6.30. The first-order valence-corrected chi connectivity index (χ1v) is 7.06. The van der Waals surface area contributed by atoms with Crippen LogP contribution in [0.1, 0.15) is 58.1 Å². The van der Waals surface area contributed by atoms with E-state index in [9.17, 15) is 0 Å². The van der Waals surface area contributed by atoms with Crippen molar-refractivity contribution in [2.24, 2.45) is 0 Å². The molecule has 1 N–H and O–H groups in total. The molecule has 0 amide bonds. The first-order valence-electron chi connectivity index (χ1n) is 6.68. The summed E-state index contributed by atoms with van der Waals surface area (Å²) in [5.74, 6) is 0. The molecule has 2 heteroatoms. The zero-order chi connectivity index (χ0) is 12.7. The fourth-order valence-electron chi connectivity index (χ4n) is 2.08. The van der Waals surface area contributed by atoms with Crippen molar-refractivity contribution in [3.63, 3.8) is 0 Å². The van der Waals surface area contributed by atoms with Gasteiger partial charge in [-0.05, 0) is 37.5 Å². The maximum Gasteiger partial charge on any atom is 0.0409 e. The van der Waals surface area contributed by atoms with Crippen molar-refractivity contribution in [3.8, 4) is 0 Å². The van der Waals surface area contributed by atoms with Crippen LogP contribution >= 0.6 is 11.6 Å². The molecule has 0 heterocycles. The van der Waals surface area contributed by atoms with E-state index in [2.05, 4.69) is 32.2 Å². The predicted molar refractivity (Wildman–Crippen MR) is 76.6 cm³/mol. The fraction of sp³-hybridized carbons (Fsp3) is 0.600. The molecule has 96 valence electrons. The lowest BCUT2D eigenvalue weighted by Gasteiger charge is -2.22. The van der Waals surface area contributed by atoms with Gasteiger partial charge in [0.1, 0.15) is 0 Å². The van der Waals surface area contributed by atoms with Gasteiger partial charge in [-0.2, -0.15) is 0 Å². The summed E-state index contributed by atoms with van der Waals surface area (Å²) in [4.78, 5) is 0. The van der Waals surface area contributed by atoms with E-state index in [1.54, 1.807) is 0 Å². The number of nitrogens with one attached hydrogen (secondary N) is 1. The monoisotopic (exact) mass is 253 g/mol. The molecule has 1 unspecified atom stereocenters. The lowest BCUT2D eigenvalue weighted by Crippen LogP contribution is -2.30. The molecular formula is C15H24ClN. The lowest BCUT2D eigenvalue weighted by molar-refractivity contribution is 0.410. The van der Waals surface area contributed by atoms with E-state index in [1.165, 1.54) is 31.2 Å². The summed E-state index contributed by atoms with van der Waals surface area (Å²) in [7, 11) is 0. The van der Waals surface area contributed by atoms with Gasteiger partial charge < -0.3 is 5.32 Å². The molecule has 0 radical (unpaired) electrons. The van der Waals surface area contributed by atoms with E-state index < -0.39 is 0 Å². The minimum atomic E-state index is 0.371. The van der Waals surface area contributed by atoms with Crippen molar-refractivity contribution < 1.29 is 0 Å². The molecule has 0 spiro atoms. The molecule has 2 atom stereocenters. The SMILES string of the molecule is CCCCC(CC)N[C@H](C)c1cccc(Cl)c1. The molecule has 1 aromatic carbocycles. The second kappa shape index (κ2) is 7.73. The maximum absolute atomic E-state index is 6.02. The second-order valence-electron chi connectivity index (χ2n) is 4.69. The second-order valence-corrected chi connectivity index (χ2v) is 5.13. The molecule has 0 bridgehead atoms. The normalized spacial score (nSPS) is 14.6. The molecule has 0 fully saturated rings. The fourth-order valence-corrected chi connectivity index (χ4v) is 2.28. The highest BCUT2D eigenvalue weighted by atomic mass is 35.5. The predicted octanol–water partition coefficient (Wildman–Crippen LogP) is 4.96. The third-order valence-electron chi connectivity index (χ3n) is 3.23. The van der Waals surface area contributed by atoms with Gasteiger partial charge in [-0.1, -0.05) is 50.4 Å². The lowest BCUT2D eigenvalue weighted by atomic mass is 10.0. The van der Waals surface area contributed by atoms with Gasteiger partial charge in [0, 0.05) is 17.1 Å². The Labute approximate surface area is 111 Å². The van der Waals surface area contributed by atoms with Gasteiger partial charge in [-0.25, -0.2) is 0 Å². The van der Waals surface area contributed by atoms with Gasteiger partial charge in [0.15, 0.2) is 0 Å². The zero-order valence-electron chi connectivity index (χ0n) is 11.2. The van der Waals surface area contributed by atoms with Crippen molar-refractivity contribution >= 4 is 11.6 Å². The van der Waals surface area contributed by atoms with Crippen LogP contribution in [-0.4, -0.2) is 6.04 Å². The number of benzene rings is 1. The summed E-state index contributed by atoms with van der Waals surface area (Å²) >= 11 is 6.02. The minimum absolute atomic E-state index is 0.371. The molecule has 1 rings (SSSR count). The Bertz CT molecular complexity index is 324. The summed E-state index contributed by atoms with van der Waals surface area (Å²) in [5.41, 5.74) is 1.27. The van der Waals surface area contributed by atoms with Gasteiger partial charge in [-0.15, -0.1) is 0 Å². The quantitative estimate of drug-likeness (QED) is 0.724. The van der Waals surface area contributed by atoms with Gasteiger partial charge in [0.25, 0.3) is 0 Å². The van der Waals surface area contributed by atoms with Crippen LogP contribution in [0.2, 0.25) is 5.02 Å². The molecule has 0 aliphatic carbocycles. The van der Waals surface area contributed by atoms with Crippen molar-refractivity contribution in [1.82, 2.24) is 5.32 Å². The Balaban J connectivity index is 2.54. The molecular weight excluding hydrogens is 230 g/mol. The number of unbranched alkanes of at least 4 members (excludes halogenated alkanes) is 1. The Morgan fingerprint density at radius 1 is 1.29 bits per heavy atom. The topological polar surface area (TPSA) is 12.0 Å². The maximum atomic E-state index is 6.02. The first-order chi connectivity index (χ1) is 8.17. The minimum Gasteiger partial charge on any atom is -0.307 e. The van der Waals surface area contributed by atoms with Gasteiger partial charge in [-0.3, -0.25) is 0 Å². The standard InChI is InChI=1S/C15H24ClN/c1-4-6-10-15(5-2)17-12(3)13-8-7-9-14(16)11-13/h7-9,11-12,15,17H,4-6,10H2,1-3H3/t12-,15?/m1/s1. The summed E-state index contributed by atoms with van der Waals surface area (Å²) < 4.78 is 0. The molecule has 0 saturated heterocycles. The molecule has 0 aromatic heterocycles. The molecule has 1 aromatic rings. The zero-order valence-corrected chi connectivity index (χ0v) is 11.9. The average Bonchev–Trinajstić information content (AvgIpc) is 2.34. The van der Waals surface area contributed by atoms with Crippen LogP contribution < -0.4 is 5.32 Å². The summed E-state index contributed by atoms with van der Waals surface area (Å²) in [6.45, 7) is 6.70. The van der Waals surface area contributed by atoms with E-state index in [1.807, 2.05) is 18.2 Å². The van der Waals surface area contributed by atoms with E-state index in [-0.39, 0.29) is 0 Å². The Morgan fingerprint density at radius 3 is 2.65 bits per heavy atom. The van der Waals surface area contributed by atoms with Gasteiger partial charge in [0.05, 0.1) is 0 Å². The third kappa shape index (κ3) is 5.10. The van der Waals surface area contributed by atoms with Gasteiger partial charge in [0.2, 0.25) is 0 Å². The van der Waals surface area contributed by atoms with Crippen molar-refractivity contribution in [2.45, 2.75) is 58.5 Å². The smallest absolute Gasteiger partial charge is 0.0409 e. The number of hydrogen-bond donors (Lipinski definition) is 1. The van der Waals surface area contributed by atoms with E-state index >= 15 is 0 Å². The molecule has 0 aliphatic rings. The number of hydrogen-bond acceptors (Lipinski definition) is 1. The molecule has 0 aliphatic heterocycles. The van der Waals surface area contributed by atoms with Crippen molar-refractivity contribution in [3.05, 3.63) is 34.9 Å². The van der Waals surface area contributed by atoms with Crippen LogP contribution in [0.3, 0.4) is 0 Å². The summed E-state index contributed by atoms with van der Waals surface area (Å²) in [5, 5.41) is 4.50. The molecule has 17 heavy (non-hydrogen) atoms. The van der Waals surface area contributed by atoms with Crippen LogP contribution in [-0.2, 0) is 0 Å². The highest BCUT2D eigenvalue weighted by Crippen LogP contribution is 2.19. The first kappa shape index (κ1) is 14.5. The van der Waals surface area contributed by atoms with E-state index in [0.29, 0.717) is 12.1 Å². The van der Waals surface area contributed by atoms with E-state index in [4.69, 9.17) is 11.6 Å². The average molecular weight is 254 g/mol. The van der Waals surface area contributed by atoms with Crippen LogP contribution in [0.25, 0.3) is 0 Å². The Hall–Kier alpha value is -0.530. The van der Waals surface area contributed by atoms with Crippen LogP contribution in [0.15, 0.2) is 24.3 Å². The van der Waals surface area contributed by atoms with Crippen LogP contribution in [0.4, 0.5) is 0 Å². The van der Waals surface area contributed by atoms with Crippen LogP contribution in [0, 0.1) is 0 Å². The van der Waals surface area contributed by atoms with Crippen molar-refractivity contribution in [2.75, 3.05) is 0 Å². The number of halogens is 1. The van der Waals surface area contributed by atoms with Crippen LogP contribution in [0.5, 0.6) is 0 Å². The Kier molecular flexibility index (Phi) is 6.61. The molecule has 1 nitrogen and oxygen atoms in total. The summed E-state index contributed by atoms with van der Waals surface area (Å²) in [6, 6.07) is 9.11. The highest BCUT2D eigenvalue weighted by Gasteiger charge is 2.11.